The maximum absolute atomic E-state index is 12.1. The van der Waals surface area contributed by atoms with Crippen LogP contribution in [0.5, 0.6) is 17.2 Å². The second-order valence-electron chi connectivity index (χ2n) is 5.56. The third kappa shape index (κ3) is 4.37. The molecule has 2 aromatic carbocycles. The van der Waals surface area contributed by atoms with Crippen molar-refractivity contribution in [3.63, 3.8) is 0 Å². The highest BCUT2D eigenvalue weighted by atomic mass is 35.5. The first-order chi connectivity index (χ1) is 12.5. The molecular formula is C18H17ClN2O5. The van der Waals surface area contributed by atoms with E-state index in [0.29, 0.717) is 22.3 Å². The van der Waals surface area contributed by atoms with E-state index in [2.05, 4.69) is 10.9 Å². The fourth-order valence-electron chi connectivity index (χ4n) is 2.25. The Morgan fingerprint density at radius 3 is 2.69 bits per heavy atom. The average molecular weight is 377 g/mol. The van der Waals surface area contributed by atoms with Gasteiger partial charge in [0.1, 0.15) is 12.4 Å². The minimum atomic E-state index is -0.866. The summed E-state index contributed by atoms with van der Waals surface area (Å²) in [6, 6.07) is 13.7. The van der Waals surface area contributed by atoms with Gasteiger partial charge in [0, 0.05) is 5.02 Å². The van der Waals surface area contributed by atoms with Crippen LogP contribution in [0.2, 0.25) is 5.02 Å². The van der Waals surface area contributed by atoms with Crippen LogP contribution in [-0.2, 0) is 9.59 Å². The van der Waals surface area contributed by atoms with Crippen molar-refractivity contribution in [2.24, 2.45) is 0 Å². The fourth-order valence-corrected chi connectivity index (χ4v) is 2.43. The average Bonchev–Trinajstić information content (AvgIpc) is 2.65. The van der Waals surface area contributed by atoms with Gasteiger partial charge in [0.05, 0.1) is 0 Å². The van der Waals surface area contributed by atoms with E-state index in [1.807, 2.05) is 6.07 Å². The summed E-state index contributed by atoms with van der Waals surface area (Å²) in [6.07, 6.45) is -1.70. The molecule has 0 saturated heterocycles. The number of hydrogen-bond acceptors (Lipinski definition) is 5. The maximum atomic E-state index is 12.1. The van der Waals surface area contributed by atoms with Gasteiger partial charge in [0.15, 0.2) is 17.6 Å². The zero-order chi connectivity index (χ0) is 18.5. The number of hydrazine groups is 1. The Hall–Kier alpha value is -2.93. The maximum Gasteiger partial charge on any atom is 0.283 e. The molecule has 136 valence electrons. The molecule has 1 aliphatic heterocycles. The number of amides is 2. The molecule has 0 aliphatic carbocycles. The lowest BCUT2D eigenvalue weighted by Gasteiger charge is -2.25. The molecule has 0 saturated carbocycles. The van der Waals surface area contributed by atoms with E-state index in [-0.39, 0.29) is 6.61 Å². The summed E-state index contributed by atoms with van der Waals surface area (Å²) in [4.78, 5) is 24.2. The van der Waals surface area contributed by atoms with Gasteiger partial charge in [0.25, 0.3) is 11.8 Å². The second kappa shape index (κ2) is 7.97. The lowest BCUT2D eigenvalue weighted by atomic mass is 10.2. The zero-order valence-electron chi connectivity index (χ0n) is 13.9. The summed E-state index contributed by atoms with van der Waals surface area (Å²) in [5.74, 6) is 0.456. The van der Waals surface area contributed by atoms with Crippen LogP contribution in [0.1, 0.15) is 6.92 Å². The minimum Gasteiger partial charge on any atom is -0.485 e. The molecule has 2 aromatic rings. The van der Waals surface area contributed by atoms with Gasteiger partial charge in [0.2, 0.25) is 6.10 Å². The highest BCUT2D eigenvalue weighted by molar-refractivity contribution is 6.30. The molecule has 1 aliphatic rings. The first kappa shape index (κ1) is 17.9. The van der Waals surface area contributed by atoms with Gasteiger partial charge < -0.3 is 14.2 Å². The van der Waals surface area contributed by atoms with Crippen LogP contribution in [0.25, 0.3) is 0 Å². The Bertz CT molecular complexity index is 814. The molecule has 0 aromatic heterocycles. The van der Waals surface area contributed by atoms with E-state index >= 15 is 0 Å². The summed E-state index contributed by atoms with van der Waals surface area (Å²) < 4.78 is 16.5. The number of ether oxygens (including phenoxy) is 3. The Labute approximate surface area is 155 Å². The normalized spacial score (nSPS) is 16.3. The monoisotopic (exact) mass is 376 g/mol. The van der Waals surface area contributed by atoms with Crippen LogP contribution in [0.15, 0.2) is 48.5 Å². The van der Waals surface area contributed by atoms with Crippen molar-refractivity contribution in [3.8, 4) is 17.2 Å². The van der Waals surface area contributed by atoms with Gasteiger partial charge in [-0.2, -0.15) is 0 Å². The van der Waals surface area contributed by atoms with Crippen molar-refractivity contribution >= 4 is 23.4 Å². The summed E-state index contributed by atoms with van der Waals surface area (Å²) in [7, 11) is 0. The van der Waals surface area contributed by atoms with Crippen LogP contribution < -0.4 is 25.1 Å². The number of rotatable bonds is 4. The van der Waals surface area contributed by atoms with Crippen molar-refractivity contribution in [2.45, 2.75) is 19.1 Å². The quantitative estimate of drug-likeness (QED) is 0.798. The Kier molecular flexibility index (Phi) is 5.48. The molecule has 1 heterocycles. The van der Waals surface area contributed by atoms with E-state index in [0.717, 1.165) is 0 Å². The number of carbonyl (C=O) groups excluding carboxylic acids is 2. The summed E-state index contributed by atoms with van der Waals surface area (Å²) in [5, 5.41) is 0.498. The predicted molar refractivity (Wildman–Crippen MR) is 94.2 cm³/mol. The van der Waals surface area contributed by atoms with Crippen molar-refractivity contribution in [1.29, 1.82) is 0 Å². The van der Waals surface area contributed by atoms with Crippen LogP contribution in [0, 0.1) is 0 Å². The molecule has 0 radical (unpaired) electrons. The molecule has 2 atom stereocenters. The molecule has 8 heteroatoms. The van der Waals surface area contributed by atoms with Crippen LogP contribution in [0.4, 0.5) is 0 Å². The topological polar surface area (TPSA) is 85.9 Å². The number of benzene rings is 2. The van der Waals surface area contributed by atoms with E-state index in [9.17, 15) is 9.59 Å². The Morgan fingerprint density at radius 2 is 1.92 bits per heavy atom. The van der Waals surface area contributed by atoms with Crippen LogP contribution in [0.3, 0.4) is 0 Å². The molecular weight excluding hydrogens is 360 g/mol. The Morgan fingerprint density at radius 1 is 1.15 bits per heavy atom. The standard InChI is InChI=1S/C18H17ClN2O5/c1-11(25-13-6-4-5-12(19)9-13)17(22)20-21-18(23)16-10-24-14-7-2-3-8-15(14)26-16/h2-9,11,16H,10H2,1H3,(H,20,22)(H,21,23)/t11-,16-/m1/s1. The van der Waals surface area contributed by atoms with Gasteiger partial charge in [-0.1, -0.05) is 29.8 Å². The number of para-hydroxylation sites is 2. The summed E-state index contributed by atoms with van der Waals surface area (Å²) in [5.41, 5.74) is 4.62. The highest BCUT2D eigenvalue weighted by Gasteiger charge is 2.28. The molecule has 0 bridgehead atoms. The van der Waals surface area contributed by atoms with E-state index < -0.39 is 24.0 Å². The Balaban J connectivity index is 1.49. The molecule has 26 heavy (non-hydrogen) atoms. The second-order valence-corrected chi connectivity index (χ2v) is 6.00. The van der Waals surface area contributed by atoms with Gasteiger partial charge in [-0.25, -0.2) is 0 Å². The smallest absolute Gasteiger partial charge is 0.283 e. The van der Waals surface area contributed by atoms with E-state index in [1.165, 1.54) is 0 Å². The molecule has 7 nitrogen and oxygen atoms in total. The van der Waals surface area contributed by atoms with Gasteiger partial charge >= 0.3 is 0 Å². The SMILES string of the molecule is C[C@@H](Oc1cccc(Cl)c1)C(=O)NNC(=O)[C@H]1COc2ccccc2O1. The van der Waals surface area contributed by atoms with E-state index in [1.54, 1.807) is 49.4 Å². The largest absolute Gasteiger partial charge is 0.485 e. The van der Waals surface area contributed by atoms with Crippen LogP contribution >= 0.6 is 11.6 Å². The van der Waals surface area contributed by atoms with Crippen molar-refractivity contribution in [1.82, 2.24) is 10.9 Å². The van der Waals surface area contributed by atoms with Crippen molar-refractivity contribution < 1.29 is 23.8 Å². The molecule has 3 rings (SSSR count). The third-order valence-electron chi connectivity index (χ3n) is 3.59. The fraction of sp³-hybridized carbons (Fsp3) is 0.222. The van der Waals surface area contributed by atoms with Gasteiger partial charge in [-0.05, 0) is 37.3 Å². The number of hydrogen-bond donors (Lipinski definition) is 2. The molecule has 2 N–H and O–H groups in total. The predicted octanol–water partition coefficient (Wildman–Crippen LogP) is 2.09. The third-order valence-corrected chi connectivity index (χ3v) is 3.82. The van der Waals surface area contributed by atoms with Gasteiger partial charge in [-0.15, -0.1) is 0 Å². The van der Waals surface area contributed by atoms with Gasteiger partial charge in [-0.3, -0.25) is 20.4 Å². The first-order valence-corrected chi connectivity index (χ1v) is 8.31. The minimum absolute atomic E-state index is 0.0489. The van der Waals surface area contributed by atoms with Crippen molar-refractivity contribution in [2.75, 3.05) is 6.61 Å². The van der Waals surface area contributed by atoms with Crippen molar-refractivity contribution in [3.05, 3.63) is 53.6 Å². The lowest BCUT2D eigenvalue weighted by molar-refractivity contribution is -0.137. The number of fused-ring (bicyclic) bond motifs is 1. The summed E-state index contributed by atoms with van der Waals surface area (Å²) >= 11 is 5.87. The molecule has 0 spiro atoms. The molecule has 2 amide bonds. The molecule has 0 unspecified atom stereocenters. The van der Waals surface area contributed by atoms with Crippen LogP contribution in [-0.4, -0.2) is 30.6 Å². The number of nitrogens with one attached hydrogen (secondary N) is 2. The summed E-state index contributed by atoms with van der Waals surface area (Å²) in [6.45, 7) is 1.60. The first-order valence-electron chi connectivity index (χ1n) is 7.93. The number of halogens is 1. The van der Waals surface area contributed by atoms with E-state index in [4.69, 9.17) is 25.8 Å². The number of carbonyl (C=O) groups is 2. The molecule has 0 fully saturated rings. The highest BCUT2D eigenvalue weighted by Crippen LogP contribution is 2.30. The zero-order valence-corrected chi connectivity index (χ0v) is 14.7. The lowest BCUT2D eigenvalue weighted by Crippen LogP contribution is -2.53.